The van der Waals surface area contributed by atoms with Crippen molar-refractivity contribution in [3.8, 4) is 5.75 Å². The Kier molecular flexibility index (Phi) is 6.79. The molecule has 1 atom stereocenters. The molecule has 1 aromatic carbocycles. The fourth-order valence-corrected chi connectivity index (χ4v) is 5.77. The van der Waals surface area contributed by atoms with E-state index in [9.17, 15) is 9.59 Å². The lowest BCUT2D eigenvalue weighted by molar-refractivity contribution is 0.101. The molecule has 0 saturated heterocycles. The van der Waals surface area contributed by atoms with Crippen molar-refractivity contribution in [2.75, 3.05) is 17.2 Å². The predicted octanol–water partition coefficient (Wildman–Crippen LogP) is 5.54. The first-order valence-electron chi connectivity index (χ1n) is 11.7. The summed E-state index contributed by atoms with van der Waals surface area (Å²) in [6.45, 7) is 9.20. The van der Waals surface area contributed by atoms with E-state index in [2.05, 4.69) is 36.5 Å². The van der Waals surface area contributed by atoms with Gasteiger partial charge in [0.05, 0.1) is 17.9 Å². The van der Waals surface area contributed by atoms with Crippen molar-refractivity contribution in [2.45, 2.75) is 47.0 Å². The normalized spacial score (nSPS) is 15.5. The maximum Gasteiger partial charge on any atom is 0.274 e. The number of aromatic nitrogens is 2. The highest BCUT2D eigenvalue weighted by atomic mass is 32.1. The third-order valence-corrected chi connectivity index (χ3v) is 7.60. The number of carbonyl (C=O) groups excluding carboxylic acids is 2. The van der Waals surface area contributed by atoms with E-state index in [1.807, 2.05) is 31.2 Å². The molecule has 2 N–H and O–H groups in total. The summed E-state index contributed by atoms with van der Waals surface area (Å²) in [6.07, 6.45) is 4.31. The fraction of sp³-hybridized carbons (Fsp3) is 0.423. The van der Waals surface area contributed by atoms with Gasteiger partial charge in [0.15, 0.2) is 0 Å². The molecule has 7 nitrogen and oxygen atoms in total. The monoisotopic (exact) mass is 480 g/mol. The van der Waals surface area contributed by atoms with E-state index in [0.717, 1.165) is 24.8 Å². The first-order valence-corrected chi connectivity index (χ1v) is 12.5. The number of nitrogens with zero attached hydrogens (tertiary/aromatic N) is 2. The molecule has 8 heteroatoms. The standard InChI is InChI=1S/C26H32N4O3S/c1-6-33-20-10-8-7-9-18(20)28-24(32)22-17-12-11-16(26(2,3)4)15-21(17)34-25(22)29-23(31)19-13-14-27-30(19)5/h7-10,13-14,16H,6,11-12,15H2,1-5H3,(H,28,32)(H,29,31)/t16-/m0/s1. The van der Waals surface area contributed by atoms with Crippen LogP contribution in [0.25, 0.3) is 0 Å². The van der Waals surface area contributed by atoms with Crippen LogP contribution in [0.2, 0.25) is 0 Å². The van der Waals surface area contributed by atoms with E-state index in [-0.39, 0.29) is 17.2 Å². The minimum atomic E-state index is -0.283. The first kappa shape index (κ1) is 24.0. The molecule has 2 aromatic heterocycles. The number of para-hydroxylation sites is 2. The van der Waals surface area contributed by atoms with Gasteiger partial charge in [-0.1, -0.05) is 32.9 Å². The summed E-state index contributed by atoms with van der Waals surface area (Å²) >= 11 is 1.51. The van der Waals surface area contributed by atoms with Gasteiger partial charge in [-0.15, -0.1) is 11.3 Å². The Hall–Kier alpha value is -3.13. The van der Waals surface area contributed by atoms with E-state index in [0.29, 0.717) is 40.2 Å². The molecule has 34 heavy (non-hydrogen) atoms. The maximum absolute atomic E-state index is 13.6. The average Bonchev–Trinajstić information content (AvgIpc) is 3.37. The maximum atomic E-state index is 13.6. The number of aryl methyl sites for hydroxylation is 1. The molecule has 180 valence electrons. The van der Waals surface area contributed by atoms with Crippen LogP contribution in [0.15, 0.2) is 36.5 Å². The third-order valence-electron chi connectivity index (χ3n) is 6.43. The van der Waals surface area contributed by atoms with Crippen LogP contribution in [0, 0.1) is 11.3 Å². The van der Waals surface area contributed by atoms with Gasteiger partial charge in [0.25, 0.3) is 11.8 Å². The molecule has 1 aliphatic rings. The molecule has 0 radical (unpaired) electrons. The number of benzene rings is 1. The molecule has 0 aliphatic heterocycles. The Labute approximate surface area is 204 Å². The molecule has 0 saturated carbocycles. The van der Waals surface area contributed by atoms with Crippen LogP contribution in [0.4, 0.5) is 10.7 Å². The second-order valence-electron chi connectivity index (χ2n) is 9.69. The zero-order valence-electron chi connectivity index (χ0n) is 20.4. The van der Waals surface area contributed by atoms with Gasteiger partial charge in [-0.3, -0.25) is 14.3 Å². The van der Waals surface area contributed by atoms with Crippen molar-refractivity contribution in [3.63, 3.8) is 0 Å². The molecule has 3 aromatic rings. The van der Waals surface area contributed by atoms with E-state index in [1.165, 1.54) is 20.9 Å². The number of hydrogen-bond acceptors (Lipinski definition) is 5. The van der Waals surface area contributed by atoms with Crippen LogP contribution < -0.4 is 15.4 Å². The van der Waals surface area contributed by atoms with Gasteiger partial charge in [0, 0.05) is 18.1 Å². The lowest BCUT2D eigenvalue weighted by Crippen LogP contribution is -2.27. The van der Waals surface area contributed by atoms with Gasteiger partial charge < -0.3 is 15.4 Å². The summed E-state index contributed by atoms with van der Waals surface area (Å²) in [6, 6.07) is 9.06. The Morgan fingerprint density at radius 1 is 1.18 bits per heavy atom. The summed E-state index contributed by atoms with van der Waals surface area (Å²) in [5.41, 5.74) is 2.82. The topological polar surface area (TPSA) is 85.2 Å². The highest BCUT2D eigenvalue weighted by molar-refractivity contribution is 7.17. The zero-order chi connectivity index (χ0) is 24.5. The Morgan fingerprint density at radius 3 is 2.62 bits per heavy atom. The van der Waals surface area contributed by atoms with Crippen LogP contribution in [-0.4, -0.2) is 28.2 Å². The Bertz CT molecular complexity index is 1210. The van der Waals surface area contributed by atoms with Gasteiger partial charge >= 0.3 is 0 Å². The van der Waals surface area contributed by atoms with Crippen LogP contribution in [-0.2, 0) is 19.9 Å². The third kappa shape index (κ3) is 4.87. The van der Waals surface area contributed by atoms with Gasteiger partial charge in [-0.05, 0) is 61.3 Å². The quantitative estimate of drug-likeness (QED) is 0.485. The van der Waals surface area contributed by atoms with E-state index < -0.39 is 0 Å². The smallest absolute Gasteiger partial charge is 0.274 e. The average molecular weight is 481 g/mol. The first-order chi connectivity index (χ1) is 16.2. The summed E-state index contributed by atoms with van der Waals surface area (Å²) in [5.74, 6) is 0.624. The number of carbonyl (C=O) groups is 2. The second kappa shape index (κ2) is 9.62. The molecule has 0 spiro atoms. The number of thiophene rings is 1. The van der Waals surface area contributed by atoms with Gasteiger partial charge in [0.2, 0.25) is 0 Å². The Balaban J connectivity index is 1.70. The summed E-state index contributed by atoms with van der Waals surface area (Å²) in [5, 5.41) is 10.7. The molecule has 0 fully saturated rings. The predicted molar refractivity (Wildman–Crippen MR) is 136 cm³/mol. The molecular formula is C26H32N4O3S. The van der Waals surface area contributed by atoms with E-state index in [1.54, 1.807) is 19.3 Å². The van der Waals surface area contributed by atoms with Crippen molar-refractivity contribution >= 4 is 33.8 Å². The molecule has 0 bridgehead atoms. The minimum Gasteiger partial charge on any atom is -0.492 e. The number of nitrogens with one attached hydrogen (secondary N) is 2. The molecule has 0 unspecified atom stereocenters. The van der Waals surface area contributed by atoms with Gasteiger partial charge in [-0.2, -0.15) is 5.10 Å². The highest BCUT2D eigenvalue weighted by Crippen LogP contribution is 2.44. The van der Waals surface area contributed by atoms with Crippen LogP contribution >= 0.6 is 11.3 Å². The van der Waals surface area contributed by atoms with Crippen LogP contribution in [0.1, 0.15) is 65.4 Å². The molecular weight excluding hydrogens is 448 g/mol. The molecule has 2 heterocycles. The molecule has 1 aliphatic carbocycles. The van der Waals surface area contributed by atoms with Crippen molar-refractivity contribution in [3.05, 3.63) is 58.2 Å². The number of anilines is 2. The highest BCUT2D eigenvalue weighted by Gasteiger charge is 2.34. The molecule has 2 amide bonds. The lowest BCUT2D eigenvalue weighted by atomic mass is 9.72. The number of rotatable bonds is 6. The lowest BCUT2D eigenvalue weighted by Gasteiger charge is -2.33. The van der Waals surface area contributed by atoms with E-state index >= 15 is 0 Å². The van der Waals surface area contributed by atoms with Gasteiger partial charge in [-0.25, -0.2) is 0 Å². The number of ether oxygens (including phenoxy) is 1. The summed E-state index contributed by atoms with van der Waals surface area (Å²) < 4.78 is 7.21. The number of fused-ring (bicyclic) bond motifs is 1. The van der Waals surface area contributed by atoms with Gasteiger partial charge in [0.1, 0.15) is 16.4 Å². The minimum absolute atomic E-state index is 0.179. The zero-order valence-corrected chi connectivity index (χ0v) is 21.2. The largest absolute Gasteiger partial charge is 0.492 e. The number of amides is 2. The van der Waals surface area contributed by atoms with Crippen LogP contribution in [0.5, 0.6) is 5.75 Å². The van der Waals surface area contributed by atoms with Crippen molar-refractivity contribution in [1.29, 1.82) is 0 Å². The van der Waals surface area contributed by atoms with E-state index in [4.69, 9.17) is 4.74 Å². The SMILES string of the molecule is CCOc1ccccc1NC(=O)c1c(NC(=O)c2ccnn2C)sc2c1CC[C@H](C(C)(C)C)C2. The fourth-order valence-electron chi connectivity index (χ4n) is 4.45. The van der Waals surface area contributed by atoms with Crippen molar-refractivity contribution < 1.29 is 14.3 Å². The Morgan fingerprint density at radius 2 is 1.94 bits per heavy atom. The second-order valence-corrected chi connectivity index (χ2v) is 10.8. The summed E-state index contributed by atoms with van der Waals surface area (Å²) in [7, 11) is 1.72. The molecule has 4 rings (SSSR count). The van der Waals surface area contributed by atoms with Crippen LogP contribution in [0.3, 0.4) is 0 Å². The summed E-state index contributed by atoms with van der Waals surface area (Å²) in [4.78, 5) is 27.8. The van der Waals surface area contributed by atoms with Crippen molar-refractivity contribution in [1.82, 2.24) is 9.78 Å². The van der Waals surface area contributed by atoms with Crippen molar-refractivity contribution in [2.24, 2.45) is 18.4 Å². The number of hydrogen-bond donors (Lipinski definition) is 2.